The molecule has 6 nitrogen and oxygen atoms in total. The van der Waals surface area contributed by atoms with Crippen LogP contribution in [0.3, 0.4) is 0 Å². The standard InChI is InChI=1S/C11H15NO2.C4H3NO2/c13-10-7-8-11(14)12(10)9-5-3-1-2-4-6-9;6-3-1-2-4(7)5-3/h7-9H,1-6H2;1-2H,(H,5,6,7). The lowest BCUT2D eigenvalue weighted by Crippen LogP contribution is -2.39. The third-order valence-corrected chi connectivity index (χ3v) is 3.67. The first kappa shape index (κ1) is 15.2. The van der Waals surface area contributed by atoms with Crippen LogP contribution in [0.4, 0.5) is 0 Å². The molecule has 0 saturated heterocycles. The normalized spacial score (nSPS) is 22.2. The highest BCUT2D eigenvalue weighted by molar-refractivity contribution is 6.13. The van der Waals surface area contributed by atoms with E-state index in [9.17, 15) is 19.2 Å². The van der Waals surface area contributed by atoms with Gasteiger partial charge in [-0.1, -0.05) is 25.7 Å². The van der Waals surface area contributed by atoms with Gasteiger partial charge >= 0.3 is 0 Å². The summed E-state index contributed by atoms with van der Waals surface area (Å²) < 4.78 is 0. The topological polar surface area (TPSA) is 83.5 Å². The molecule has 3 aliphatic rings. The minimum absolute atomic E-state index is 0.123. The Kier molecular flexibility index (Phi) is 5.03. The van der Waals surface area contributed by atoms with Gasteiger partial charge in [-0.05, 0) is 12.8 Å². The summed E-state index contributed by atoms with van der Waals surface area (Å²) in [6, 6.07) is 0.160. The van der Waals surface area contributed by atoms with Gasteiger partial charge in [0.1, 0.15) is 0 Å². The van der Waals surface area contributed by atoms with Gasteiger partial charge in [-0.3, -0.25) is 29.4 Å². The van der Waals surface area contributed by atoms with Crippen molar-refractivity contribution in [3.8, 4) is 0 Å². The first-order valence-corrected chi connectivity index (χ1v) is 7.16. The lowest BCUT2D eigenvalue weighted by Gasteiger charge is -2.24. The second kappa shape index (κ2) is 6.97. The maximum atomic E-state index is 11.4. The molecule has 0 aromatic carbocycles. The van der Waals surface area contributed by atoms with Crippen molar-refractivity contribution in [1.82, 2.24) is 10.2 Å². The molecule has 1 aliphatic carbocycles. The van der Waals surface area contributed by atoms with Crippen molar-refractivity contribution in [3.05, 3.63) is 24.3 Å². The summed E-state index contributed by atoms with van der Waals surface area (Å²) in [7, 11) is 0. The maximum Gasteiger partial charge on any atom is 0.253 e. The number of imide groups is 2. The molecule has 0 spiro atoms. The van der Waals surface area contributed by atoms with E-state index in [2.05, 4.69) is 0 Å². The number of hydrogen-bond donors (Lipinski definition) is 1. The highest BCUT2D eigenvalue weighted by atomic mass is 16.2. The Bertz CT molecular complexity index is 480. The van der Waals surface area contributed by atoms with Gasteiger partial charge in [0, 0.05) is 30.3 Å². The third-order valence-electron chi connectivity index (χ3n) is 3.67. The maximum absolute atomic E-state index is 11.4. The second-order valence-corrected chi connectivity index (χ2v) is 5.21. The van der Waals surface area contributed by atoms with Crippen molar-refractivity contribution in [1.29, 1.82) is 0 Å². The van der Waals surface area contributed by atoms with Gasteiger partial charge in [-0.2, -0.15) is 0 Å². The molecule has 1 saturated carbocycles. The number of hydrogen-bond acceptors (Lipinski definition) is 4. The number of nitrogens with zero attached hydrogens (tertiary/aromatic N) is 1. The van der Waals surface area contributed by atoms with Gasteiger partial charge in [-0.15, -0.1) is 0 Å². The van der Waals surface area contributed by atoms with E-state index in [4.69, 9.17) is 0 Å². The van der Waals surface area contributed by atoms with E-state index in [1.54, 1.807) is 0 Å². The Morgan fingerprint density at radius 1 is 0.762 bits per heavy atom. The molecule has 0 radical (unpaired) electrons. The SMILES string of the molecule is O=C1C=CC(=O)N1.O=C1C=CC(=O)N1C1CCCCCC1. The molecule has 3 rings (SSSR count). The van der Waals surface area contributed by atoms with Crippen molar-refractivity contribution in [2.75, 3.05) is 0 Å². The third kappa shape index (κ3) is 4.11. The monoisotopic (exact) mass is 290 g/mol. The lowest BCUT2D eigenvalue weighted by atomic mass is 10.1. The Labute approximate surface area is 122 Å². The summed E-state index contributed by atoms with van der Waals surface area (Å²) in [6.45, 7) is 0. The molecule has 0 bridgehead atoms. The molecule has 6 heteroatoms. The molecule has 1 N–H and O–H groups in total. The molecule has 112 valence electrons. The highest BCUT2D eigenvalue weighted by Gasteiger charge is 2.30. The van der Waals surface area contributed by atoms with Crippen LogP contribution < -0.4 is 5.32 Å². The average Bonchev–Trinajstić information content (AvgIpc) is 2.87. The van der Waals surface area contributed by atoms with Gasteiger partial charge in [-0.25, -0.2) is 0 Å². The molecule has 2 heterocycles. The Morgan fingerprint density at radius 2 is 1.24 bits per heavy atom. The summed E-state index contributed by atoms with van der Waals surface area (Å²) in [6.07, 6.45) is 11.9. The van der Waals surface area contributed by atoms with E-state index in [1.165, 1.54) is 42.0 Å². The van der Waals surface area contributed by atoms with Crippen LogP contribution >= 0.6 is 0 Å². The largest absolute Gasteiger partial charge is 0.289 e. The van der Waals surface area contributed by atoms with Gasteiger partial charge in [0.05, 0.1) is 0 Å². The molecule has 0 atom stereocenters. The van der Waals surface area contributed by atoms with Gasteiger partial charge in [0.25, 0.3) is 23.6 Å². The summed E-state index contributed by atoms with van der Waals surface area (Å²) in [5.74, 6) is -0.904. The molecule has 0 aromatic heterocycles. The van der Waals surface area contributed by atoms with E-state index in [0.717, 1.165) is 25.7 Å². The van der Waals surface area contributed by atoms with E-state index >= 15 is 0 Å². The van der Waals surface area contributed by atoms with Crippen LogP contribution in [0.15, 0.2) is 24.3 Å². The Hall–Kier alpha value is -2.24. The van der Waals surface area contributed by atoms with Crippen LogP contribution in [-0.2, 0) is 19.2 Å². The number of rotatable bonds is 1. The summed E-state index contributed by atoms with van der Waals surface area (Å²) in [5, 5.41) is 2.03. The van der Waals surface area contributed by atoms with Gasteiger partial charge in [0.2, 0.25) is 0 Å². The number of amides is 4. The molecule has 0 unspecified atom stereocenters. The summed E-state index contributed by atoms with van der Waals surface area (Å²) >= 11 is 0. The fourth-order valence-corrected chi connectivity index (χ4v) is 2.64. The van der Waals surface area contributed by atoms with Crippen LogP contribution in [0, 0.1) is 0 Å². The minimum Gasteiger partial charge on any atom is -0.289 e. The van der Waals surface area contributed by atoms with Crippen molar-refractivity contribution in [2.24, 2.45) is 0 Å². The van der Waals surface area contributed by atoms with Crippen LogP contribution in [0.2, 0.25) is 0 Å². The van der Waals surface area contributed by atoms with Gasteiger partial charge in [0.15, 0.2) is 0 Å². The first-order valence-electron chi connectivity index (χ1n) is 7.16. The van der Waals surface area contributed by atoms with Crippen molar-refractivity contribution < 1.29 is 19.2 Å². The fourth-order valence-electron chi connectivity index (χ4n) is 2.64. The van der Waals surface area contributed by atoms with Gasteiger partial charge < -0.3 is 0 Å². The second-order valence-electron chi connectivity index (χ2n) is 5.21. The quantitative estimate of drug-likeness (QED) is 0.573. The molecule has 4 amide bonds. The molecule has 21 heavy (non-hydrogen) atoms. The lowest BCUT2D eigenvalue weighted by molar-refractivity contribution is -0.139. The molecule has 1 fully saturated rings. The summed E-state index contributed by atoms with van der Waals surface area (Å²) in [4.78, 5) is 44.3. The zero-order chi connectivity index (χ0) is 15.2. The predicted molar refractivity (Wildman–Crippen MR) is 74.8 cm³/mol. The van der Waals surface area contributed by atoms with Crippen LogP contribution in [-0.4, -0.2) is 34.6 Å². The van der Waals surface area contributed by atoms with Crippen molar-refractivity contribution >= 4 is 23.6 Å². The summed E-state index contributed by atoms with van der Waals surface area (Å²) in [5.41, 5.74) is 0. The number of carbonyl (C=O) groups excluding carboxylic acids is 4. The number of carbonyl (C=O) groups is 4. The first-order chi connectivity index (χ1) is 10.1. The van der Waals surface area contributed by atoms with E-state index in [1.807, 2.05) is 5.32 Å². The fraction of sp³-hybridized carbons (Fsp3) is 0.467. The Balaban J connectivity index is 0.000000194. The van der Waals surface area contributed by atoms with Crippen LogP contribution in [0.5, 0.6) is 0 Å². The Morgan fingerprint density at radius 3 is 1.62 bits per heavy atom. The predicted octanol–water partition coefficient (Wildman–Crippen LogP) is 0.833. The smallest absolute Gasteiger partial charge is 0.253 e. The van der Waals surface area contributed by atoms with E-state index in [0.29, 0.717) is 0 Å². The molecular formula is C15H18N2O4. The molecular weight excluding hydrogens is 272 g/mol. The minimum atomic E-state index is -0.329. The van der Waals surface area contributed by atoms with Crippen LogP contribution in [0.1, 0.15) is 38.5 Å². The van der Waals surface area contributed by atoms with E-state index in [-0.39, 0.29) is 29.7 Å². The zero-order valence-corrected chi connectivity index (χ0v) is 11.7. The van der Waals surface area contributed by atoms with Crippen LogP contribution in [0.25, 0.3) is 0 Å². The highest BCUT2D eigenvalue weighted by Crippen LogP contribution is 2.24. The average molecular weight is 290 g/mol. The zero-order valence-electron chi connectivity index (χ0n) is 11.7. The number of nitrogens with one attached hydrogen (secondary N) is 1. The van der Waals surface area contributed by atoms with E-state index < -0.39 is 0 Å². The molecule has 0 aromatic rings. The van der Waals surface area contributed by atoms with Crippen molar-refractivity contribution in [3.63, 3.8) is 0 Å². The molecule has 2 aliphatic heterocycles. The van der Waals surface area contributed by atoms with Crippen molar-refractivity contribution in [2.45, 2.75) is 44.6 Å².